The van der Waals surface area contributed by atoms with Gasteiger partial charge in [0.05, 0.1) is 23.3 Å². The van der Waals surface area contributed by atoms with Crippen molar-refractivity contribution in [3.63, 3.8) is 0 Å². The Bertz CT molecular complexity index is 1140. The van der Waals surface area contributed by atoms with Gasteiger partial charge < -0.3 is 19.7 Å². The molecule has 4 rings (SSSR count). The predicted octanol–water partition coefficient (Wildman–Crippen LogP) is 1.95. The van der Waals surface area contributed by atoms with E-state index in [9.17, 15) is 18.0 Å². The molecule has 0 unspecified atom stereocenters. The summed E-state index contributed by atoms with van der Waals surface area (Å²) in [7, 11) is -2.29. The Hall–Kier alpha value is -3.11. The molecule has 2 aromatic carbocycles. The number of para-hydroxylation sites is 1. The number of nitrogens with zero attached hydrogens (tertiary/aromatic N) is 2. The van der Waals surface area contributed by atoms with E-state index in [1.165, 1.54) is 23.5 Å². The number of sulfonamides is 1. The molecule has 1 fully saturated rings. The Balaban J connectivity index is 1.47. The second-order valence-corrected chi connectivity index (χ2v) is 9.50. The molecule has 1 N–H and O–H groups in total. The number of benzene rings is 2. The molecule has 2 amide bonds. The second-order valence-electron chi connectivity index (χ2n) is 7.56. The van der Waals surface area contributed by atoms with Gasteiger partial charge in [0.15, 0.2) is 6.10 Å². The highest BCUT2D eigenvalue weighted by Gasteiger charge is 2.33. The predicted molar refractivity (Wildman–Crippen MR) is 117 cm³/mol. The lowest BCUT2D eigenvalue weighted by Gasteiger charge is -2.34. The number of methoxy groups -OCH3 is 1. The largest absolute Gasteiger partial charge is 0.496 e. The third-order valence-electron chi connectivity index (χ3n) is 5.64. The molecule has 170 valence electrons. The van der Waals surface area contributed by atoms with Crippen LogP contribution < -0.4 is 14.8 Å². The lowest BCUT2D eigenvalue weighted by Crippen LogP contribution is -2.50. The van der Waals surface area contributed by atoms with Gasteiger partial charge in [0.2, 0.25) is 10.0 Å². The van der Waals surface area contributed by atoms with Crippen molar-refractivity contribution in [1.82, 2.24) is 9.21 Å². The number of ether oxygens (including phenoxy) is 2. The van der Waals surface area contributed by atoms with Gasteiger partial charge in [-0.3, -0.25) is 9.59 Å². The molecule has 10 heteroatoms. The Kier molecular flexibility index (Phi) is 6.07. The van der Waals surface area contributed by atoms with Gasteiger partial charge in [-0.15, -0.1) is 0 Å². The van der Waals surface area contributed by atoms with E-state index in [1.54, 1.807) is 35.2 Å². The minimum absolute atomic E-state index is 0.0691. The first-order valence-corrected chi connectivity index (χ1v) is 11.8. The average molecular weight is 460 g/mol. The van der Waals surface area contributed by atoms with E-state index >= 15 is 0 Å². The molecular formula is C22H25N3O6S. The number of hydrogen-bond acceptors (Lipinski definition) is 6. The maximum absolute atomic E-state index is 13.2. The van der Waals surface area contributed by atoms with Gasteiger partial charge >= 0.3 is 0 Å². The van der Waals surface area contributed by atoms with Crippen molar-refractivity contribution in [3.05, 3.63) is 48.0 Å². The standard InChI is InChI=1S/C22H25N3O6S/c1-3-18-21(26)23-17-14-15(8-9-20(17)31-18)32(28,29)25-12-10-24(11-13-25)22(27)16-6-4-5-7-19(16)30-2/h4-9,14,18H,3,10-13H2,1-2H3,(H,23,26)/t18-/m0/s1. The smallest absolute Gasteiger partial charge is 0.265 e. The van der Waals surface area contributed by atoms with Crippen LogP contribution in [0.25, 0.3) is 0 Å². The molecule has 0 saturated carbocycles. The molecule has 1 atom stereocenters. The fourth-order valence-electron chi connectivity index (χ4n) is 3.83. The molecule has 2 aromatic rings. The van der Waals surface area contributed by atoms with E-state index in [-0.39, 0.29) is 42.9 Å². The summed E-state index contributed by atoms with van der Waals surface area (Å²) in [5, 5.41) is 2.72. The molecule has 0 aromatic heterocycles. The van der Waals surface area contributed by atoms with E-state index in [2.05, 4.69) is 5.32 Å². The van der Waals surface area contributed by atoms with Gasteiger partial charge in [-0.1, -0.05) is 19.1 Å². The number of amides is 2. The van der Waals surface area contributed by atoms with Gasteiger partial charge in [-0.05, 0) is 36.8 Å². The number of anilines is 1. The van der Waals surface area contributed by atoms with Crippen LogP contribution in [0.2, 0.25) is 0 Å². The Labute approximate surface area is 187 Å². The number of carbonyl (C=O) groups excluding carboxylic acids is 2. The van der Waals surface area contributed by atoms with Crippen molar-refractivity contribution < 1.29 is 27.5 Å². The summed E-state index contributed by atoms with van der Waals surface area (Å²) in [4.78, 5) is 26.6. The van der Waals surface area contributed by atoms with Crippen LogP contribution >= 0.6 is 0 Å². The zero-order valence-electron chi connectivity index (χ0n) is 17.9. The Morgan fingerprint density at radius 3 is 2.56 bits per heavy atom. The van der Waals surface area contributed by atoms with Crippen LogP contribution in [-0.2, 0) is 14.8 Å². The van der Waals surface area contributed by atoms with E-state index in [1.807, 2.05) is 6.92 Å². The van der Waals surface area contributed by atoms with Crippen LogP contribution in [0.15, 0.2) is 47.4 Å². The molecular weight excluding hydrogens is 434 g/mol. The highest BCUT2D eigenvalue weighted by Crippen LogP contribution is 2.33. The van der Waals surface area contributed by atoms with E-state index in [4.69, 9.17) is 9.47 Å². The summed E-state index contributed by atoms with van der Waals surface area (Å²) >= 11 is 0. The monoisotopic (exact) mass is 459 g/mol. The molecule has 0 aliphatic carbocycles. The number of hydrogen-bond donors (Lipinski definition) is 1. The van der Waals surface area contributed by atoms with Gasteiger partial charge in [-0.2, -0.15) is 4.31 Å². The molecule has 0 bridgehead atoms. The molecule has 32 heavy (non-hydrogen) atoms. The van der Waals surface area contributed by atoms with Gasteiger partial charge in [0.25, 0.3) is 11.8 Å². The van der Waals surface area contributed by atoms with Crippen molar-refractivity contribution in [2.24, 2.45) is 0 Å². The Morgan fingerprint density at radius 2 is 1.88 bits per heavy atom. The van der Waals surface area contributed by atoms with Crippen LogP contribution in [0.4, 0.5) is 5.69 Å². The first-order valence-electron chi connectivity index (χ1n) is 10.4. The number of piperazine rings is 1. The lowest BCUT2D eigenvalue weighted by molar-refractivity contribution is -0.123. The maximum Gasteiger partial charge on any atom is 0.265 e. The molecule has 1 saturated heterocycles. The second kappa shape index (κ2) is 8.79. The van der Waals surface area contributed by atoms with Crippen LogP contribution in [0.3, 0.4) is 0 Å². The molecule has 9 nitrogen and oxygen atoms in total. The highest BCUT2D eigenvalue weighted by molar-refractivity contribution is 7.89. The van der Waals surface area contributed by atoms with Crippen LogP contribution in [0.1, 0.15) is 23.7 Å². The summed E-state index contributed by atoms with van der Waals surface area (Å²) in [5.74, 6) is 0.440. The van der Waals surface area contributed by atoms with Crippen molar-refractivity contribution in [2.75, 3.05) is 38.6 Å². The fourth-order valence-corrected chi connectivity index (χ4v) is 5.28. The van der Waals surface area contributed by atoms with Crippen molar-refractivity contribution in [1.29, 1.82) is 0 Å². The number of carbonyl (C=O) groups is 2. The lowest BCUT2D eigenvalue weighted by atomic mass is 10.1. The van der Waals surface area contributed by atoms with Crippen LogP contribution in [0, 0.1) is 0 Å². The van der Waals surface area contributed by atoms with E-state index in [0.29, 0.717) is 29.2 Å². The van der Waals surface area contributed by atoms with E-state index in [0.717, 1.165) is 0 Å². The van der Waals surface area contributed by atoms with E-state index < -0.39 is 16.1 Å². The minimum atomic E-state index is -3.79. The molecule has 2 heterocycles. The average Bonchev–Trinajstić information content (AvgIpc) is 2.82. The zero-order valence-corrected chi connectivity index (χ0v) is 18.7. The number of fused-ring (bicyclic) bond motifs is 1. The molecule has 2 aliphatic heterocycles. The minimum Gasteiger partial charge on any atom is -0.496 e. The molecule has 0 spiro atoms. The van der Waals surface area contributed by atoms with Crippen LogP contribution in [-0.4, -0.2) is 68.8 Å². The van der Waals surface area contributed by atoms with Crippen molar-refractivity contribution in [3.8, 4) is 11.5 Å². The molecule has 2 aliphatic rings. The normalized spacial score (nSPS) is 19.0. The summed E-state index contributed by atoms with van der Waals surface area (Å²) in [6, 6.07) is 11.4. The third kappa shape index (κ3) is 4.03. The van der Waals surface area contributed by atoms with Gasteiger partial charge in [0.1, 0.15) is 11.5 Å². The Morgan fingerprint density at radius 1 is 1.16 bits per heavy atom. The first kappa shape index (κ1) is 22.1. The first-order chi connectivity index (χ1) is 15.3. The quantitative estimate of drug-likeness (QED) is 0.733. The highest BCUT2D eigenvalue weighted by atomic mass is 32.2. The summed E-state index contributed by atoms with van der Waals surface area (Å²) < 4.78 is 38.6. The van der Waals surface area contributed by atoms with Crippen LogP contribution in [0.5, 0.6) is 11.5 Å². The summed E-state index contributed by atoms with van der Waals surface area (Å²) in [5.41, 5.74) is 0.785. The zero-order chi connectivity index (χ0) is 22.9. The number of nitrogens with one attached hydrogen (secondary N) is 1. The van der Waals surface area contributed by atoms with Crippen molar-refractivity contribution >= 4 is 27.5 Å². The fraction of sp³-hybridized carbons (Fsp3) is 0.364. The SMILES string of the molecule is CC[C@@H]1Oc2ccc(S(=O)(=O)N3CCN(C(=O)c4ccccc4OC)CC3)cc2NC1=O. The number of rotatable bonds is 5. The van der Waals surface area contributed by atoms with Crippen molar-refractivity contribution in [2.45, 2.75) is 24.3 Å². The molecule has 0 radical (unpaired) electrons. The summed E-state index contributed by atoms with van der Waals surface area (Å²) in [6.07, 6.45) is -0.0674. The van der Waals surface area contributed by atoms with Gasteiger partial charge in [-0.25, -0.2) is 8.42 Å². The summed E-state index contributed by atoms with van der Waals surface area (Å²) in [6.45, 7) is 2.70. The third-order valence-corrected chi connectivity index (χ3v) is 7.54. The van der Waals surface area contributed by atoms with Gasteiger partial charge in [0, 0.05) is 26.2 Å². The maximum atomic E-state index is 13.2. The topological polar surface area (TPSA) is 105 Å².